The minimum Gasteiger partial charge on any atom is -0.370 e. The molecule has 1 saturated heterocycles. The summed E-state index contributed by atoms with van der Waals surface area (Å²) in [4.78, 5) is 39.3. The summed E-state index contributed by atoms with van der Waals surface area (Å²) in [5.41, 5.74) is -0.437. The van der Waals surface area contributed by atoms with E-state index in [0.717, 1.165) is 6.20 Å². The van der Waals surface area contributed by atoms with E-state index in [0.29, 0.717) is 25.5 Å². The lowest BCUT2D eigenvalue weighted by Gasteiger charge is -2.26. The summed E-state index contributed by atoms with van der Waals surface area (Å²) in [7, 11) is 0. The third-order valence-corrected chi connectivity index (χ3v) is 2.99. The van der Waals surface area contributed by atoms with Crippen LogP contribution >= 0.6 is 0 Å². The topological polar surface area (TPSA) is 117 Å². The smallest absolute Gasteiger partial charge is 0.300 e. The highest BCUT2D eigenvalue weighted by Crippen LogP contribution is 2.22. The molecular weight excluding hydrogens is 278 g/mol. The maximum atomic E-state index is 12.4. The van der Waals surface area contributed by atoms with E-state index < -0.39 is 10.8 Å². The molecule has 1 aliphatic rings. The van der Waals surface area contributed by atoms with Crippen LogP contribution in [0.5, 0.6) is 0 Å². The predicted molar refractivity (Wildman–Crippen MR) is 74.0 cm³/mol. The predicted octanol–water partition coefficient (Wildman–Crippen LogP) is -0.00640. The minimum atomic E-state index is -0.653. The molecule has 2 rings (SSSR count). The van der Waals surface area contributed by atoms with Crippen LogP contribution in [0.1, 0.15) is 17.3 Å². The lowest BCUT2D eigenvalue weighted by Crippen LogP contribution is -2.50. The van der Waals surface area contributed by atoms with E-state index in [2.05, 4.69) is 15.6 Å². The fourth-order valence-electron chi connectivity index (χ4n) is 2.03. The number of hydrogen-bond acceptors (Lipinski definition) is 6. The summed E-state index contributed by atoms with van der Waals surface area (Å²) < 4.78 is 0. The second-order valence-electron chi connectivity index (χ2n) is 4.45. The fourth-order valence-corrected chi connectivity index (χ4v) is 2.03. The van der Waals surface area contributed by atoms with Crippen LogP contribution in [0.3, 0.4) is 0 Å². The summed E-state index contributed by atoms with van der Waals surface area (Å²) in [5, 5.41) is 16.5. The first-order valence-electron chi connectivity index (χ1n) is 6.47. The molecule has 2 N–H and O–H groups in total. The lowest BCUT2D eigenvalue weighted by molar-refractivity contribution is -0.385. The number of carbonyl (C=O) groups excluding carboxylic acids is 2. The summed E-state index contributed by atoms with van der Waals surface area (Å²) >= 11 is 0. The Morgan fingerprint density at radius 3 is 3.00 bits per heavy atom. The van der Waals surface area contributed by atoms with Crippen LogP contribution in [-0.2, 0) is 4.79 Å². The maximum absolute atomic E-state index is 12.4. The van der Waals surface area contributed by atoms with Gasteiger partial charge in [0.25, 0.3) is 11.6 Å². The van der Waals surface area contributed by atoms with Gasteiger partial charge < -0.3 is 15.5 Å². The highest BCUT2D eigenvalue weighted by Gasteiger charge is 2.28. The van der Waals surface area contributed by atoms with Crippen LogP contribution < -0.4 is 10.6 Å². The Bertz CT molecular complexity index is 589. The van der Waals surface area contributed by atoms with Gasteiger partial charge in [0.2, 0.25) is 5.91 Å². The second kappa shape index (κ2) is 6.16. The number of nitrogens with zero attached hydrogens (tertiary/aromatic N) is 3. The van der Waals surface area contributed by atoms with Crippen LogP contribution in [0.15, 0.2) is 12.3 Å². The minimum absolute atomic E-state index is 0.0688. The SMILES string of the molecule is CCNc1cc(C(=O)N2CCNC(=O)C2)c([N+](=O)[O-])cn1. The van der Waals surface area contributed by atoms with Crippen molar-refractivity contribution in [2.75, 3.05) is 31.5 Å². The average molecular weight is 293 g/mol. The van der Waals surface area contributed by atoms with E-state index in [-0.39, 0.29) is 23.7 Å². The van der Waals surface area contributed by atoms with Crippen molar-refractivity contribution in [2.45, 2.75) is 6.92 Å². The fraction of sp³-hybridized carbons (Fsp3) is 0.417. The number of anilines is 1. The molecule has 0 radical (unpaired) electrons. The zero-order chi connectivity index (χ0) is 15.4. The van der Waals surface area contributed by atoms with Crippen LogP contribution in [0.4, 0.5) is 11.5 Å². The van der Waals surface area contributed by atoms with Crippen molar-refractivity contribution in [3.05, 3.63) is 27.9 Å². The van der Waals surface area contributed by atoms with Gasteiger partial charge in [0.15, 0.2) is 0 Å². The van der Waals surface area contributed by atoms with Gasteiger partial charge in [-0.2, -0.15) is 0 Å². The normalized spacial score (nSPS) is 14.5. The number of pyridine rings is 1. The number of hydrogen-bond donors (Lipinski definition) is 2. The van der Waals surface area contributed by atoms with Gasteiger partial charge in [-0.05, 0) is 6.92 Å². The third kappa shape index (κ3) is 3.25. The van der Waals surface area contributed by atoms with Crippen LogP contribution in [-0.4, -0.2) is 52.8 Å². The van der Waals surface area contributed by atoms with Crippen molar-refractivity contribution in [3.63, 3.8) is 0 Å². The first kappa shape index (κ1) is 14.7. The van der Waals surface area contributed by atoms with Gasteiger partial charge >= 0.3 is 0 Å². The summed E-state index contributed by atoms with van der Waals surface area (Å²) in [6.45, 7) is 2.98. The van der Waals surface area contributed by atoms with Crippen LogP contribution in [0.2, 0.25) is 0 Å². The van der Waals surface area contributed by atoms with Gasteiger partial charge in [-0.15, -0.1) is 0 Å². The first-order valence-corrected chi connectivity index (χ1v) is 6.47. The van der Waals surface area contributed by atoms with Gasteiger partial charge in [-0.3, -0.25) is 19.7 Å². The molecule has 0 bridgehead atoms. The molecule has 0 saturated carbocycles. The first-order chi connectivity index (χ1) is 10.0. The Balaban J connectivity index is 2.34. The van der Waals surface area contributed by atoms with Crippen LogP contribution in [0, 0.1) is 10.1 Å². The van der Waals surface area contributed by atoms with E-state index in [4.69, 9.17) is 0 Å². The van der Waals surface area contributed by atoms with Crippen molar-refractivity contribution in [3.8, 4) is 0 Å². The molecule has 21 heavy (non-hydrogen) atoms. The Morgan fingerprint density at radius 1 is 1.62 bits per heavy atom. The van der Waals surface area contributed by atoms with E-state index in [9.17, 15) is 19.7 Å². The molecule has 2 amide bonds. The van der Waals surface area contributed by atoms with Crippen molar-refractivity contribution < 1.29 is 14.5 Å². The molecule has 0 aromatic carbocycles. The molecule has 0 atom stereocenters. The lowest BCUT2D eigenvalue weighted by atomic mass is 10.1. The van der Waals surface area contributed by atoms with Gasteiger partial charge in [0, 0.05) is 25.7 Å². The number of nitro groups is 1. The molecular formula is C12H15N5O4. The highest BCUT2D eigenvalue weighted by atomic mass is 16.6. The van der Waals surface area contributed by atoms with E-state index in [1.54, 1.807) is 0 Å². The van der Waals surface area contributed by atoms with E-state index in [1.165, 1.54) is 11.0 Å². The summed E-state index contributed by atoms with van der Waals surface area (Å²) in [5.74, 6) is -0.441. The van der Waals surface area contributed by atoms with E-state index in [1.807, 2.05) is 6.92 Å². The molecule has 112 valence electrons. The van der Waals surface area contributed by atoms with Crippen molar-refractivity contribution in [1.82, 2.24) is 15.2 Å². The average Bonchev–Trinajstić information content (AvgIpc) is 2.46. The summed E-state index contributed by atoms with van der Waals surface area (Å²) in [6.07, 6.45) is 1.05. The Kier molecular flexibility index (Phi) is 4.31. The number of nitrogens with one attached hydrogen (secondary N) is 2. The maximum Gasteiger partial charge on any atom is 0.300 e. The van der Waals surface area contributed by atoms with Gasteiger partial charge in [0.05, 0.1) is 11.5 Å². The number of carbonyl (C=O) groups is 2. The van der Waals surface area contributed by atoms with Gasteiger partial charge in [0.1, 0.15) is 17.6 Å². The highest BCUT2D eigenvalue weighted by molar-refractivity contribution is 6.00. The molecule has 0 spiro atoms. The third-order valence-electron chi connectivity index (χ3n) is 2.99. The molecule has 2 heterocycles. The monoisotopic (exact) mass is 293 g/mol. The molecule has 1 aromatic heterocycles. The number of rotatable bonds is 4. The second-order valence-corrected chi connectivity index (χ2v) is 4.45. The molecule has 9 heteroatoms. The molecule has 0 aliphatic carbocycles. The number of piperazine rings is 1. The number of aromatic nitrogens is 1. The Morgan fingerprint density at radius 2 is 2.38 bits per heavy atom. The largest absolute Gasteiger partial charge is 0.370 e. The van der Waals surface area contributed by atoms with Gasteiger partial charge in [-0.1, -0.05) is 0 Å². The molecule has 1 fully saturated rings. The van der Waals surface area contributed by atoms with Crippen molar-refractivity contribution >= 4 is 23.3 Å². The van der Waals surface area contributed by atoms with Gasteiger partial charge in [-0.25, -0.2) is 4.98 Å². The summed E-state index contributed by atoms with van der Waals surface area (Å²) in [6, 6.07) is 1.34. The van der Waals surface area contributed by atoms with Crippen molar-refractivity contribution in [1.29, 1.82) is 0 Å². The zero-order valence-electron chi connectivity index (χ0n) is 11.5. The Hall–Kier alpha value is -2.71. The molecule has 1 aromatic rings. The Labute approximate surface area is 120 Å². The molecule has 0 unspecified atom stereocenters. The van der Waals surface area contributed by atoms with E-state index >= 15 is 0 Å². The standard InChI is InChI=1S/C12H15N5O4/c1-2-13-10-5-8(9(6-15-10)17(20)21)12(19)16-4-3-14-11(18)7-16/h5-6H,2-4,7H2,1H3,(H,13,15)(H,14,18). The van der Waals surface area contributed by atoms with Crippen LogP contribution in [0.25, 0.3) is 0 Å². The van der Waals surface area contributed by atoms with Crippen molar-refractivity contribution in [2.24, 2.45) is 0 Å². The number of amides is 2. The molecule has 1 aliphatic heterocycles. The molecule has 9 nitrogen and oxygen atoms in total. The quantitative estimate of drug-likeness (QED) is 0.595. The zero-order valence-corrected chi connectivity index (χ0v) is 11.5.